The Morgan fingerprint density at radius 1 is 1.32 bits per heavy atom. The van der Waals surface area contributed by atoms with Crippen LogP contribution in [0.3, 0.4) is 0 Å². The Balaban J connectivity index is 1.41. The van der Waals surface area contributed by atoms with E-state index in [0.29, 0.717) is 19.0 Å². The number of hydrogen-bond donors (Lipinski definition) is 3. The lowest BCUT2D eigenvalue weighted by atomic mass is 9.72. The van der Waals surface area contributed by atoms with Gasteiger partial charge in [0, 0.05) is 31.2 Å². The molecule has 2 amide bonds. The molecule has 0 saturated carbocycles. The number of carbonyl (C=O) groups is 2. The summed E-state index contributed by atoms with van der Waals surface area (Å²) in [6.45, 7) is 7.64. The van der Waals surface area contributed by atoms with Crippen molar-refractivity contribution in [1.82, 2.24) is 14.5 Å². The Labute approximate surface area is 186 Å². The molecule has 8 nitrogen and oxygen atoms in total. The minimum absolute atomic E-state index is 0.0826. The summed E-state index contributed by atoms with van der Waals surface area (Å²) in [6.07, 6.45) is 5.86. The summed E-state index contributed by atoms with van der Waals surface area (Å²) in [5.74, 6) is 0.265. The first-order chi connectivity index (χ1) is 14.7. The van der Waals surface area contributed by atoms with E-state index in [1.54, 1.807) is 22.1 Å². The summed E-state index contributed by atoms with van der Waals surface area (Å²) < 4.78 is 1.61. The standard InChI is InChI=1S/C22H31N5O3S/c1-22(2,3)13-5-6-15-17(7-13)31-20(19(15)23-4)25-18(29)11-26-10-16(24-12-26)21(30)27-8-14(28)9-27/h10,12-14,23,28H,5-9,11H2,1-4H3,(H,25,29). The summed E-state index contributed by atoms with van der Waals surface area (Å²) in [5, 5.41) is 16.5. The molecular weight excluding hydrogens is 414 g/mol. The molecule has 0 bridgehead atoms. The van der Waals surface area contributed by atoms with Crippen LogP contribution in [-0.4, -0.2) is 57.6 Å². The number of carbonyl (C=O) groups excluding carboxylic acids is 2. The van der Waals surface area contributed by atoms with Crippen LogP contribution in [-0.2, 0) is 24.2 Å². The van der Waals surface area contributed by atoms with Gasteiger partial charge in [-0.1, -0.05) is 20.8 Å². The number of rotatable bonds is 5. The second-order valence-electron chi connectivity index (χ2n) is 9.61. The number of β-amino-alcohol motifs (C(OH)–C–C–N with tert-alkyl or cyclic N) is 1. The van der Waals surface area contributed by atoms with Crippen molar-refractivity contribution in [2.24, 2.45) is 11.3 Å². The van der Waals surface area contributed by atoms with Crippen LogP contribution in [0.25, 0.3) is 0 Å². The number of nitrogens with zero attached hydrogens (tertiary/aromatic N) is 3. The van der Waals surface area contributed by atoms with Gasteiger partial charge >= 0.3 is 0 Å². The van der Waals surface area contributed by atoms with Gasteiger partial charge in [0.15, 0.2) is 0 Å². The summed E-state index contributed by atoms with van der Waals surface area (Å²) in [6, 6.07) is 0. The van der Waals surface area contributed by atoms with Crippen molar-refractivity contribution in [3.05, 3.63) is 28.7 Å². The fourth-order valence-corrected chi connectivity index (χ4v) is 5.70. The van der Waals surface area contributed by atoms with E-state index in [1.807, 2.05) is 7.05 Å². The van der Waals surface area contributed by atoms with Crippen LogP contribution in [0.15, 0.2) is 12.5 Å². The number of aliphatic hydroxyl groups excluding tert-OH is 1. The average Bonchev–Trinajstić information content (AvgIpc) is 3.27. The third-order valence-electron chi connectivity index (χ3n) is 6.32. The zero-order chi connectivity index (χ0) is 22.3. The maximum Gasteiger partial charge on any atom is 0.274 e. The molecule has 0 aromatic carbocycles. The van der Waals surface area contributed by atoms with Gasteiger partial charge in [-0.25, -0.2) is 4.98 Å². The number of hydrogen-bond acceptors (Lipinski definition) is 6. The number of aromatic nitrogens is 2. The number of nitrogens with one attached hydrogen (secondary N) is 2. The van der Waals surface area contributed by atoms with Crippen LogP contribution in [0.5, 0.6) is 0 Å². The van der Waals surface area contributed by atoms with Gasteiger partial charge in [0.2, 0.25) is 5.91 Å². The first-order valence-electron chi connectivity index (χ1n) is 10.8. The molecule has 1 aliphatic heterocycles. The van der Waals surface area contributed by atoms with Crippen molar-refractivity contribution in [2.45, 2.75) is 52.7 Å². The SMILES string of the molecule is CNc1c(NC(=O)Cn2cnc(C(=O)N3CC(O)C3)c2)sc2c1CCC(C(C)(C)C)C2. The molecule has 0 spiro atoms. The normalized spacial score (nSPS) is 19.0. The Morgan fingerprint density at radius 2 is 2.06 bits per heavy atom. The zero-order valence-electron chi connectivity index (χ0n) is 18.6. The van der Waals surface area contributed by atoms with Crippen molar-refractivity contribution < 1.29 is 14.7 Å². The number of aliphatic hydroxyl groups is 1. The van der Waals surface area contributed by atoms with Gasteiger partial charge in [-0.3, -0.25) is 9.59 Å². The maximum absolute atomic E-state index is 12.7. The maximum atomic E-state index is 12.7. The van der Waals surface area contributed by atoms with Crippen LogP contribution in [0.1, 0.15) is 48.1 Å². The summed E-state index contributed by atoms with van der Waals surface area (Å²) in [4.78, 5) is 32.0. The third-order valence-corrected chi connectivity index (χ3v) is 7.49. The van der Waals surface area contributed by atoms with E-state index in [-0.39, 0.29) is 29.5 Å². The smallest absolute Gasteiger partial charge is 0.274 e. The first-order valence-corrected chi connectivity index (χ1v) is 11.6. The van der Waals surface area contributed by atoms with Gasteiger partial charge in [0.25, 0.3) is 5.91 Å². The van der Waals surface area contributed by atoms with Gasteiger partial charge in [-0.05, 0) is 36.2 Å². The number of thiophene rings is 1. The molecule has 31 heavy (non-hydrogen) atoms. The first kappa shape index (κ1) is 21.8. The summed E-state index contributed by atoms with van der Waals surface area (Å²) in [7, 11) is 1.90. The molecule has 2 aliphatic rings. The summed E-state index contributed by atoms with van der Waals surface area (Å²) in [5.41, 5.74) is 2.92. The Kier molecular flexibility index (Phi) is 5.83. The number of fused-ring (bicyclic) bond motifs is 1. The molecule has 168 valence electrons. The number of anilines is 2. The molecular formula is C22H31N5O3S. The molecule has 2 aromatic rings. The highest BCUT2D eigenvalue weighted by atomic mass is 32.1. The van der Waals surface area contributed by atoms with Crippen LogP contribution in [0.2, 0.25) is 0 Å². The highest BCUT2D eigenvalue weighted by molar-refractivity contribution is 7.17. The lowest BCUT2D eigenvalue weighted by Crippen LogP contribution is -2.53. The molecule has 4 rings (SSSR count). The van der Waals surface area contributed by atoms with Crippen molar-refractivity contribution in [3.8, 4) is 0 Å². The number of amides is 2. The van der Waals surface area contributed by atoms with E-state index in [1.165, 1.54) is 21.7 Å². The van der Waals surface area contributed by atoms with E-state index < -0.39 is 6.10 Å². The largest absolute Gasteiger partial charge is 0.389 e. The van der Waals surface area contributed by atoms with Crippen molar-refractivity contribution in [1.29, 1.82) is 0 Å². The number of likely N-dealkylation sites (tertiary alicyclic amines) is 1. The van der Waals surface area contributed by atoms with Gasteiger partial charge < -0.3 is 25.2 Å². The molecule has 1 saturated heterocycles. The van der Waals surface area contributed by atoms with Crippen LogP contribution < -0.4 is 10.6 Å². The molecule has 3 heterocycles. The fraction of sp³-hybridized carbons (Fsp3) is 0.591. The minimum atomic E-state index is -0.450. The van der Waals surface area contributed by atoms with Gasteiger partial charge in [-0.15, -0.1) is 11.3 Å². The Bertz CT molecular complexity index is 984. The van der Waals surface area contributed by atoms with E-state index in [2.05, 4.69) is 36.4 Å². The lowest BCUT2D eigenvalue weighted by molar-refractivity contribution is -0.116. The fourth-order valence-electron chi connectivity index (χ4n) is 4.35. The molecule has 2 aromatic heterocycles. The van der Waals surface area contributed by atoms with Gasteiger partial charge in [0.05, 0.1) is 18.1 Å². The average molecular weight is 446 g/mol. The van der Waals surface area contributed by atoms with Gasteiger partial charge in [-0.2, -0.15) is 0 Å². The number of imidazole rings is 1. The van der Waals surface area contributed by atoms with Crippen molar-refractivity contribution in [3.63, 3.8) is 0 Å². The quantitative estimate of drug-likeness (QED) is 0.657. The monoisotopic (exact) mass is 445 g/mol. The molecule has 1 aliphatic carbocycles. The van der Waals surface area contributed by atoms with Crippen molar-refractivity contribution >= 4 is 33.8 Å². The Morgan fingerprint density at radius 3 is 2.71 bits per heavy atom. The summed E-state index contributed by atoms with van der Waals surface area (Å²) >= 11 is 1.67. The second kappa shape index (κ2) is 8.27. The molecule has 0 radical (unpaired) electrons. The highest BCUT2D eigenvalue weighted by Crippen LogP contribution is 2.46. The lowest BCUT2D eigenvalue weighted by Gasteiger charge is -2.35. The third kappa shape index (κ3) is 4.48. The predicted molar refractivity (Wildman–Crippen MR) is 122 cm³/mol. The topological polar surface area (TPSA) is 99.5 Å². The zero-order valence-corrected chi connectivity index (χ0v) is 19.4. The molecule has 9 heteroatoms. The van der Waals surface area contributed by atoms with E-state index >= 15 is 0 Å². The van der Waals surface area contributed by atoms with Crippen molar-refractivity contribution in [2.75, 3.05) is 30.8 Å². The van der Waals surface area contributed by atoms with E-state index in [0.717, 1.165) is 30.0 Å². The van der Waals surface area contributed by atoms with Crippen LogP contribution >= 0.6 is 11.3 Å². The predicted octanol–water partition coefficient (Wildman–Crippen LogP) is 2.59. The van der Waals surface area contributed by atoms with E-state index in [9.17, 15) is 14.7 Å². The van der Waals surface area contributed by atoms with Crippen LogP contribution in [0, 0.1) is 11.3 Å². The molecule has 1 atom stereocenters. The molecule has 3 N–H and O–H groups in total. The van der Waals surface area contributed by atoms with Gasteiger partial charge in [0.1, 0.15) is 17.2 Å². The Hall–Kier alpha value is -2.39. The molecule has 1 unspecified atom stereocenters. The van der Waals surface area contributed by atoms with E-state index in [4.69, 9.17) is 0 Å². The highest BCUT2D eigenvalue weighted by Gasteiger charge is 2.33. The molecule has 1 fully saturated rings. The second-order valence-corrected chi connectivity index (χ2v) is 10.7. The minimum Gasteiger partial charge on any atom is -0.389 e. The van der Waals surface area contributed by atoms with Crippen LogP contribution in [0.4, 0.5) is 10.7 Å².